The first-order valence-corrected chi connectivity index (χ1v) is 7.47. The van der Waals surface area contributed by atoms with Crippen molar-refractivity contribution in [2.75, 3.05) is 6.61 Å². The van der Waals surface area contributed by atoms with Crippen LogP contribution in [0.3, 0.4) is 0 Å². The Balaban J connectivity index is 1.74. The van der Waals surface area contributed by atoms with Gasteiger partial charge in [-0.25, -0.2) is 0 Å². The normalized spacial score (nSPS) is 34.8. The third-order valence-electron chi connectivity index (χ3n) is 4.63. The second-order valence-corrected chi connectivity index (χ2v) is 6.73. The van der Waals surface area contributed by atoms with E-state index in [1.165, 1.54) is 38.5 Å². The van der Waals surface area contributed by atoms with Crippen molar-refractivity contribution in [1.29, 1.82) is 0 Å². The molecule has 1 aliphatic carbocycles. The van der Waals surface area contributed by atoms with Gasteiger partial charge in [-0.15, -0.1) is 0 Å². The van der Waals surface area contributed by atoms with Gasteiger partial charge < -0.3 is 10.1 Å². The maximum atomic E-state index is 5.74. The van der Waals surface area contributed by atoms with E-state index < -0.39 is 0 Å². The van der Waals surface area contributed by atoms with Crippen LogP contribution < -0.4 is 5.32 Å². The third-order valence-corrected chi connectivity index (χ3v) is 4.63. The molecule has 2 heteroatoms. The van der Waals surface area contributed by atoms with Crippen molar-refractivity contribution < 1.29 is 4.74 Å². The van der Waals surface area contributed by atoms with Crippen LogP contribution in [0, 0.1) is 5.41 Å². The molecule has 100 valence electrons. The summed E-state index contributed by atoms with van der Waals surface area (Å²) in [4.78, 5) is 0. The molecule has 2 fully saturated rings. The lowest BCUT2D eigenvalue weighted by Gasteiger charge is -2.38. The Morgan fingerprint density at radius 2 is 1.82 bits per heavy atom. The van der Waals surface area contributed by atoms with E-state index >= 15 is 0 Å². The lowest BCUT2D eigenvalue weighted by molar-refractivity contribution is -0.00364. The number of hydrogen-bond acceptors (Lipinski definition) is 2. The SMILES string of the molecule is CCC1CC(NC2CCC(C)(C)CC2)CCO1. The molecule has 0 aromatic heterocycles. The highest BCUT2D eigenvalue weighted by Gasteiger charge is 2.29. The lowest BCUT2D eigenvalue weighted by Crippen LogP contribution is -2.45. The Bertz CT molecular complexity index is 229. The highest BCUT2D eigenvalue weighted by atomic mass is 16.5. The van der Waals surface area contributed by atoms with Gasteiger partial charge in [-0.05, 0) is 50.4 Å². The minimum absolute atomic E-state index is 0.501. The average Bonchev–Trinajstić information content (AvgIpc) is 2.32. The maximum absolute atomic E-state index is 5.74. The van der Waals surface area contributed by atoms with Crippen LogP contribution in [-0.2, 0) is 4.74 Å². The highest BCUT2D eigenvalue weighted by molar-refractivity contribution is 4.86. The zero-order chi connectivity index (χ0) is 12.3. The molecule has 1 aliphatic heterocycles. The minimum atomic E-state index is 0.501. The van der Waals surface area contributed by atoms with Gasteiger partial charge in [0.05, 0.1) is 6.10 Å². The predicted molar refractivity (Wildman–Crippen MR) is 72.2 cm³/mol. The van der Waals surface area contributed by atoms with Crippen molar-refractivity contribution in [3.8, 4) is 0 Å². The van der Waals surface area contributed by atoms with Crippen LogP contribution in [0.1, 0.15) is 65.7 Å². The smallest absolute Gasteiger partial charge is 0.0587 e. The summed E-state index contributed by atoms with van der Waals surface area (Å²) in [5.74, 6) is 0. The largest absolute Gasteiger partial charge is 0.378 e. The first kappa shape index (κ1) is 13.4. The Morgan fingerprint density at radius 3 is 2.47 bits per heavy atom. The molecule has 0 bridgehead atoms. The Labute approximate surface area is 107 Å². The molecule has 1 heterocycles. The van der Waals surface area contributed by atoms with E-state index in [9.17, 15) is 0 Å². The molecule has 1 saturated heterocycles. The van der Waals surface area contributed by atoms with Crippen LogP contribution in [0.15, 0.2) is 0 Å². The molecule has 0 radical (unpaired) electrons. The predicted octanol–water partition coefficient (Wildman–Crippen LogP) is 3.50. The van der Waals surface area contributed by atoms with Gasteiger partial charge in [0, 0.05) is 18.7 Å². The van der Waals surface area contributed by atoms with Gasteiger partial charge in [-0.3, -0.25) is 0 Å². The fraction of sp³-hybridized carbons (Fsp3) is 1.00. The second-order valence-electron chi connectivity index (χ2n) is 6.73. The molecule has 1 N–H and O–H groups in total. The van der Waals surface area contributed by atoms with Crippen molar-refractivity contribution in [1.82, 2.24) is 5.32 Å². The van der Waals surface area contributed by atoms with Crippen LogP contribution in [0.4, 0.5) is 0 Å². The lowest BCUT2D eigenvalue weighted by atomic mass is 9.75. The molecule has 17 heavy (non-hydrogen) atoms. The van der Waals surface area contributed by atoms with Gasteiger partial charge in [0.1, 0.15) is 0 Å². The van der Waals surface area contributed by atoms with Crippen molar-refractivity contribution in [2.45, 2.75) is 83.9 Å². The minimum Gasteiger partial charge on any atom is -0.378 e. The molecule has 2 unspecified atom stereocenters. The van der Waals surface area contributed by atoms with E-state index in [-0.39, 0.29) is 0 Å². The molecule has 2 rings (SSSR count). The van der Waals surface area contributed by atoms with Gasteiger partial charge >= 0.3 is 0 Å². The molecule has 2 nitrogen and oxygen atoms in total. The second kappa shape index (κ2) is 5.71. The van der Waals surface area contributed by atoms with E-state index in [4.69, 9.17) is 4.74 Å². The van der Waals surface area contributed by atoms with Gasteiger partial charge in [0.15, 0.2) is 0 Å². The summed E-state index contributed by atoms with van der Waals surface area (Å²) >= 11 is 0. The standard InChI is InChI=1S/C15H29NO/c1-4-14-11-13(7-10-17-14)16-12-5-8-15(2,3)9-6-12/h12-14,16H,4-11H2,1-3H3. The topological polar surface area (TPSA) is 21.3 Å². The molecule has 2 aliphatic rings. The monoisotopic (exact) mass is 239 g/mol. The summed E-state index contributed by atoms with van der Waals surface area (Å²) in [6, 6.07) is 1.48. The van der Waals surface area contributed by atoms with Crippen LogP contribution in [0.5, 0.6) is 0 Å². The molecule has 0 amide bonds. The third kappa shape index (κ3) is 3.96. The molecule has 0 aromatic carbocycles. The Hall–Kier alpha value is -0.0800. The number of ether oxygens (including phenoxy) is 1. The van der Waals surface area contributed by atoms with Crippen LogP contribution in [-0.4, -0.2) is 24.8 Å². The first-order chi connectivity index (χ1) is 8.09. The van der Waals surface area contributed by atoms with Crippen molar-refractivity contribution in [3.05, 3.63) is 0 Å². The summed E-state index contributed by atoms with van der Waals surface area (Å²) in [5.41, 5.74) is 0.583. The highest BCUT2D eigenvalue weighted by Crippen LogP contribution is 2.35. The van der Waals surface area contributed by atoms with Crippen molar-refractivity contribution in [3.63, 3.8) is 0 Å². The van der Waals surface area contributed by atoms with Crippen LogP contribution in [0.25, 0.3) is 0 Å². The molecule has 0 spiro atoms. The zero-order valence-corrected chi connectivity index (χ0v) is 11.8. The molecular weight excluding hydrogens is 210 g/mol. The van der Waals surface area contributed by atoms with Crippen LogP contribution >= 0.6 is 0 Å². The fourth-order valence-corrected chi connectivity index (χ4v) is 3.22. The summed E-state index contributed by atoms with van der Waals surface area (Å²) in [7, 11) is 0. The summed E-state index contributed by atoms with van der Waals surface area (Å²) in [6.07, 6.45) is 9.57. The number of hydrogen-bond donors (Lipinski definition) is 1. The maximum Gasteiger partial charge on any atom is 0.0587 e. The van der Waals surface area contributed by atoms with E-state index in [1.54, 1.807) is 0 Å². The summed E-state index contributed by atoms with van der Waals surface area (Å²) < 4.78 is 5.74. The Morgan fingerprint density at radius 1 is 1.12 bits per heavy atom. The van der Waals surface area contributed by atoms with Gasteiger partial charge in [-0.2, -0.15) is 0 Å². The quantitative estimate of drug-likeness (QED) is 0.814. The average molecular weight is 239 g/mol. The fourth-order valence-electron chi connectivity index (χ4n) is 3.22. The van der Waals surface area contributed by atoms with Crippen LogP contribution in [0.2, 0.25) is 0 Å². The zero-order valence-electron chi connectivity index (χ0n) is 11.8. The summed E-state index contributed by atoms with van der Waals surface area (Å²) in [6.45, 7) is 8.00. The summed E-state index contributed by atoms with van der Waals surface area (Å²) in [5, 5.41) is 3.88. The number of nitrogens with one attached hydrogen (secondary N) is 1. The van der Waals surface area contributed by atoms with Gasteiger partial charge in [-0.1, -0.05) is 20.8 Å². The van der Waals surface area contributed by atoms with Gasteiger partial charge in [0.25, 0.3) is 0 Å². The molecule has 2 atom stereocenters. The van der Waals surface area contributed by atoms with Crippen molar-refractivity contribution >= 4 is 0 Å². The number of rotatable bonds is 3. The first-order valence-electron chi connectivity index (χ1n) is 7.47. The molecular formula is C15H29NO. The van der Waals surface area contributed by atoms with Crippen molar-refractivity contribution in [2.24, 2.45) is 5.41 Å². The van der Waals surface area contributed by atoms with E-state index in [0.717, 1.165) is 19.1 Å². The van der Waals surface area contributed by atoms with E-state index in [0.29, 0.717) is 17.6 Å². The van der Waals surface area contributed by atoms with E-state index in [2.05, 4.69) is 26.1 Å². The Kier molecular flexibility index (Phi) is 4.48. The molecule has 1 saturated carbocycles. The van der Waals surface area contributed by atoms with E-state index in [1.807, 2.05) is 0 Å². The van der Waals surface area contributed by atoms with Gasteiger partial charge in [0.2, 0.25) is 0 Å². The molecule has 0 aromatic rings.